The highest BCUT2D eigenvalue weighted by Gasteiger charge is 2.33. The first kappa shape index (κ1) is 27.5. The van der Waals surface area contributed by atoms with E-state index in [0.29, 0.717) is 19.7 Å². The summed E-state index contributed by atoms with van der Waals surface area (Å²) in [5.41, 5.74) is -0.533. The van der Waals surface area contributed by atoms with Gasteiger partial charge in [0.1, 0.15) is 0 Å². The van der Waals surface area contributed by atoms with E-state index in [4.69, 9.17) is 14.6 Å². The Morgan fingerprint density at radius 2 is 1.74 bits per heavy atom. The molecule has 31 heavy (non-hydrogen) atoms. The van der Waals surface area contributed by atoms with Crippen LogP contribution in [0.2, 0.25) is 0 Å². The molecule has 1 heterocycles. The number of ether oxygens (including phenoxy) is 2. The summed E-state index contributed by atoms with van der Waals surface area (Å²) in [5.74, 6) is -0.859. The van der Waals surface area contributed by atoms with E-state index in [0.717, 1.165) is 25.1 Å². The second kappa shape index (κ2) is 10.9. The first-order valence-corrected chi connectivity index (χ1v) is 11.2. The molecule has 0 unspecified atom stereocenters. The van der Waals surface area contributed by atoms with Crippen molar-refractivity contribution >= 4 is 5.97 Å². The van der Waals surface area contributed by atoms with Crippen molar-refractivity contribution in [2.45, 2.75) is 111 Å². The van der Waals surface area contributed by atoms with Gasteiger partial charge in [-0.25, -0.2) is 4.68 Å². The molecule has 8 heteroatoms. The number of nitrogens with zero attached hydrogens (tertiary/aromatic N) is 3. The molecule has 0 aliphatic rings. The zero-order valence-electron chi connectivity index (χ0n) is 21.0. The summed E-state index contributed by atoms with van der Waals surface area (Å²) in [6.45, 7) is 20.4. The Bertz CT molecular complexity index is 696. The minimum atomic E-state index is -0.859. The average molecular weight is 441 g/mol. The summed E-state index contributed by atoms with van der Waals surface area (Å²) in [7, 11) is 0. The van der Waals surface area contributed by atoms with Crippen molar-refractivity contribution in [1.82, 2.24) is 20.3 Å². The average Bonchev–Trinajstić information content (AvgIpc) is 2.94. The third-order valence-electron chi connectivity index (χ3n) is 5.00. The number of carboxylic acids is 1. The molecule has 0 atom stereocenters. The van der Waals surface area contributed by atoms with Crippen molar-refractivity contribution in [3.05, 3.63) is 11.9 Å². The minimum absolute atomic E-state index is 0.00194. The van der Waals surface area contributed by atoms with E-state index < -0.39 is 17.2 Å². The van der Waals surface area contributed by atoms with Gasteiger partial charge in [-0.15, -0.1) is 5.10 Å². The molecule has 0 spiro atoms. The fraction of sp³-hybridized carbons (Fsp3) is 0.870. The van der Waals surface area contributed by atoms with E-state index in [1.807, 2.05) is 38.6 Å². The predicted octanol–water partition coefficient (Wildman–Crippen LogP) is 4.04. The summed E-state index contributed by atoms with van der Waals surface area (Å²) in [6.07, 6.45) is 4.33. The van der Waals surface area contributed by atoms with Crippen molar-refractivity contribution in [3.8, 4) is 0 Å². The topological polar surface area (TPSA) is 98.5 Å². The van der Waals surface area contributed by atoms with Gasteiger partial charge >= 0.3 is 5.97 Å². The molecular formula is C23H44N4O4. The first-order chi connectivity index (χ1) is 14.0. The standard InChI is InChI=1S/C23H44N4O4/c1-10-24-17-27-15-18(25-26-27)13-20(2,3)16-23(8,9)30-12-11-21(4,5)31-22(6,7)14-19(28)29/h15,24H,10-14,16-17H2,1-9H3,(H,28,29). The van der Waals surface area contributed by atoms with Gasteiger partial charge in [0.05, 0.1) is 42.2 Å². The smallest absolute Gasteiger partial charge is 0.306 e. The summed E-state index contributed by atoms with van der Waals surface area (Å²) in [6, 6.07) is 0. The summed E-state index contributed by atoms with van der Waals surface area (Å²) >= 11 is 0. The number of aromatic nitrogens is 3. The second-order valence-corrected chi connectivity index (χ2v) is 11.1. The third-order valence-corrected chi connectivity index (χ3v) is 5.00. The van der Waals surface area contributed by atoms with Crippen LogP contribution in [0.15, 0.2) is 6.20 Å². The number of hydrogen-bond donors (Lipinski definition) is 2. The van der Waals surface area contributed by atoms with Crippen LogP contribution in [0.25, 0.3) is 0 Å². The molecule has 0 radical (unpaired) electrons. The largest absolute Gasteiger partial charge is 0.481 e. The molecular weight excluding hydrogens is 396 g/mol. The van der Waals surface area contributed by atoms with Crippen molar-refractivity contribution in [3.63, 3.8) is 0 Å². The summed E-state index contributed by atoms with van der Waals surface area (Å²) < 4.78 is 14.1. The van der Waals surface area contributed by atoms with E-state index in [9.17, 15) is 4.79 Å². The zero-order valence-corrected chi connectivity index (χ0v) is 21.0. The molecule has 0 bridgehead atoms. The fourth-order valence-electron chi connectivity index (χ4n) is 4.25. The van der Waals surface area contributed by atoms with Crippen LogP contribution in [-0.4, -0.2) is 56.0 Å². The van der Waals surface area contributed by atoms with Crippen LogP contribution in [0, 0.1) is 5.41 Å². The molecule has 0 aromatic carbocycles. The monoisotopic (exact) mass is 440 g/mol. The Hall–Kier alpha value is -1.51. The highest BCUT2D eigenvalue weighted by Crippen LogP contribution is 2.34. The first-order valence-electron chi connectivity index (χ1n) is 11.2. The maximum Gasteiger partial charge on any atom is 0.306 e. The lowest BCUT2D eigenvalue weighted by Crippen LogP contribution is -2.40. The highest BCUT2D eigenvalue weighted by atomic mass is 16.5. The van der Waals surface area contributed by atoms with Gasteiger partial charge in [-0.05, 0) is 72.8 Å². The fourth-order valence-corrected chi connectivity index (χ4v) is 4.25. The van der Waals surface area contributed by atoms with Crippen LogP contribution in [-0.2, 0) is 27.4 Å². The minimum Gasteiger partial charge on any atom is -0.481 e. The Balaban J connectivity index is 2.55. The molecule has 1 aromatic rings. The van der Waals surface area contributed by atoms with E-state index in [1.54, 1.807) is 0 Å². The van der Waals surface area contributed by atoms with Crippen LogP contribution in [0.3, 0.4) is 0 Å². The van der Waals surface area contributed by atoms with Crippen LogP contribution in [0.4, 0.5) is 0 Å². The van der Waals surface area contributed by atoms with E-state index in [-0.39, 0.29) is 17.4 Å². The van der Waals surface area contributed by atoms with Crippen molar-refractivity contribution in [2.75, 3.05) is 13.2 Å². The van der Waals surface area contributed by atoms with Gasteiger partial charge in [-0.1, -0.05) is 26.0 Å². The number of aliphatic carboxylic acids is 1. The molecule has 180 valence electrons. The normalized spacial score (nSPS) is 13.6. The summed E-state index contributed by atoms with van der Waals surface area (Å²) in [5, 5.41) is 20.8. The Kier molecular flexibility index (Phi) is 9.66. The Morgan fingerprint density at radius 1 is 1.10 bits per heavy atom. The van der Waals surface area contributed by atoms with Crippen molar-refractivity contribution in [2.24, 2.45) is 5.41 Å². The van der Waals surface area contributed by atoms with Crippen molar-refractivity contribution < 1.29 is 19.4 Å². The molecule has 2 N–H and O–H groups in total. The van der Waals surface area contributed by atoms with Gasteiger partial charge in [0.15, 0.2) is 0 Å². The Morgan fingerprint density at radius 3 is 2.32 bits per heavy atom. The quantitative estimate of drug-likeness (QED) is 0.425. The van der Waals surface area contributed by atoms with Crippen LogP contribution >= 0.6 is 0 Å². The molecule has 0 aliphatic heterocycles. The van der Waals surface area contributed by atoms with Crippen LogP contribution < -0.4 is 5.32 Å². The predicted molar refractivity (Wildman–Crippen MR) is 122 cm³/mol. The number of nitrogens with one attached hydrogen (secondary N) is 1. The third kappa shape index (κ3) is 11.6. The van der Waals surface area contributed by atoms with E-state index in [2.05, 4.69) is 50.2 Å². The van der Waals surface area contributed by atoms with Crippen LogP contribution in [0.5, 0.6) is 0 Å². The van der Waals surface area contributed by atoms with Gasteiger partial charge in [0.25, 0.3) is 0 Å². The lowest BCUT2D eigenvalue weighted by Gasteiger charge is -2.38. The van der Waals surface area contributed by atoms with E-state index in [1.165, 1.54) is 0 Å². The lowest BCUT2D eigenvalue weighted by molar-refractivity contribution is -0.162. The van der Waals surface area contributed by atoms with E-state index >= 15 is 0 Å². The molecule has 0 saturated carbocycles. The maximum atomic E-state index is 11.0. The number of hydrogen-bond acceptors (Lipinski definition) is 6. The second-order valence-electron chi connectivity index (χ2n) is 11.1. The SMILES string of the molecule is CCNCn1cc(CC(C)(C)CC(C)(C)OCCC(C)(C)OC(C)(C)CC(=O)O)nn1. The Labute approximate surface area is 188 Å². The molecule has 0 saturated heterocycles. The number of rotatable bonds is 15. The summed E-state index contributed by atoms with van der Waals surface area (Å²) in [4.78, 5) is 11.0. The van der Waals surface area contributed by atoms with Gasteiger partial charge in [0, 0.05) is 6.20 Å². The van der Waals surface area contributed by atoms with Gasteiger partial charge < -0.3 is 14.6 Å². The van der Waals surface area contributed by atoms with Gasteiger partial charge in [-0.2, -0.15) is 0 Å². The van der Waals surface area contributed by atoms with Crippen molar-refractivity contribution in [1.29, 1.82) is 0 Å². The highest BCUT2D eigenvalue weighted by molar-refractivity contribution is 5.67. The molecule has 0 aliphatic carbocycles. The molecule has 8 nitrogen and oxygen atoms in total. The molecule has 1 rings (SSSR count). The molecule has 0 amide bonds. The number of carboxylic acid groups (broad SMARTS) is 1. The lowest BCUT2D eigenvalue weighted by atomic mass is 9.78. The van der Waals surface area contributed by atoms with Gasteiger partial charge in [-0.3, -0.25) is 10.1 Å². The van der Waals surface area contributed by atoms with Gasteiger partial charge in [0.2, 0.25) is 0 Å². The van der Waals surface area contributed by atoms with Crippen LogP contribution in [0.1, 0.15) is 87.3 Å². The molecule has 0 fully saturated rings. The number of carbonyl (C=O) groups is 1. The molecule has 1 aromatic heterocycles. The maximum absolute atomic E-state index is 11.0. The zero-order chi connectivity index (χ0) is 23.9.